The third-order valence-electron chi connectivity index (χ3n) is 4.08. The lowest BCUT2D eigenvalue weighted by Gasteiger charge is -2.27. The summed E-state index contributed by atoms with van der Waals surface area (Å²) in [5, 5.41) is 19.4. The fraction of sp³-hybridized carbons (Fsp3) is 0.211. The minimum absolute atomic E-state index is 0.0135. The van der Waals surface area contributed by atoms with Crippen LogP contribution in [0.15, 0.2) is 46.3 Å². The number of rotatable bonds is 4. The number of fused-ring (bicyclic) bond motifs is 1. The number of benzene rings is 2. The Morgan fingerprint density at radius 3 is 2.77 bits per heavy atom. The zero-order chi connectivity index (χ0) is 18.8. The lowest BCUT2D eigenvalue weighted by molar-refractivity contribution is 0.308. The molecule has 1 aliphatic rings. The molecule has 0 spiro atoms. The first-order valence-electron chi connectivity index (χ1n) is 7.90. The third kappa shape index (κ3) is 3.04. The number of phenolic OH excluding ortho intramolecular Hbond substituents is 1. The highest BCUT2D eigenvalue weighted by atomic mass is 79.9. The highest BCUT2D eigenvalue weighted by molar-refractivity contribution is 9.10. The number of phenols is 1. The molecule has 1 aliphatic heterocycles. The molecule has 26 heavy (non-hydrogen) atoms. The molecule has 0 bridgehead atoms. The molecule has 2 aromatic rings. The highest BCUT2D eigenvalue weighted by Crippen LogP contribution is 2.46. The molecule has 2 aromatic carbocycles. The largest absolute Gasteiger partial charge is 0.508 e. The summed E-state index contributed by atoms with van der Waals surface area (Å²) in [7, 11) is 1.56. The van der Waals surface area contributed by atoms with Crippen LogP contribution in [0.25, 0.3) is 0 Å². The molecule has 0 saturated heterocycles. The van der Waals surface area contributed by atoms with Crippen molar-refractivity contribution >= 4 is 15.9 Å². The normalized spacial score (nSPS) is 15.7. The zero-order valence-electron chi connectivity index (χ0n) is 14.2. The average Bonchev–Trinajstić information content (AvgIpc) is 2.62. The van der Waals surface area contributed by atoms with E-state index in [1.165, 1.54) is 6.07 Å². The van der Waals surface area contributed by atoms with Gasteiger partial charge in [0.15, 0.2) is 11.5 Å². The number of aromatic hydroxyl groups is 1. The number of nitrogens with zero attached hydrogens (tertiary/aromatic N) is 1. The fourth-order valence-electron chi connectivity index (χ4n) is 2.98. The van der Waals surface area contributed by atoms with Gasteiger partial charge in [0.1, 0.15) is 23.1 Å². The Labute approximate surface area is 159 Å². The van der Waals surface area contributed by atoms with Crippen LogP contribution in [0.4, 0.5) is 0 Å². The predicted octanol–water partition coefficient (Wildman–Crippen LogP) is 3.78. The van der Waals surface area contributed by atoms with Crippen molar-refractivity contribution in [1.82, 2.24) is 0 Å². The molecule has 6 nitrogen and oxygen atoms in total. The summed E-state index contributed by atoms with van der Waals surface area (Å²) < 4.78 is 17.3. The first-order valence-corrected chi connectivity index (χ1v) is 8.70. The van der Waals surface area contributed by atoms with Gasteiger partial charge in [0.05, 0.1) is 24.1 Å². The topological polar surface area (TPSA) is 97.7 Å². The highest BCUT2D eigenvalue weighted by Gasteiger charge is 2.32. The summed E-state index contributed by atoms with van der Waals surface area (Å²) in [5.74, 6) is 1.16. The van der Waals surface area contributed by atoms with E-state index < -0.39 is 5.92 Å². The maximum Gasteiger partial charge on any atom is 0.205 e. The molecule has 3 N–H and O–H groups in total. The molecular weight excluding hydrogens is 400 g/mol. The quantitative estimate of drug-likeness (QED) is 0.786. The maximum atomic E-state index is 9.73. The summed E-state index contributed by atoms with van der Waals surface area (Å²) in [6.45, 7) is 2.38. The zero-order valence-corrected chi connectivity index (χ0v) is 15.8. The number of ether oxygens (including phenoxy) is 3. The Kier molecular flexibility index (Phi) is 4.96. The van der Waals surface area contributed by atoms with Gasteiger partial charge < -0.3 is 25.1 Å². The average molecular weight is 417 g/mol. The first kappa shape index (κ1) is 18.0. The number of hydrogen-bond donors (Lipinski definition) is 2. The van der Waals surface area contributed by atoms with Crippen molar-refractivity contribution in [3.8, 4) is 29.1 Å². The van der Waals surface area contributed by atoms with Crippen LogP contribution in [-0.4, -0.2) is 18.8 Å². The molecule has 0 aromatic heterocycles. The Morgan fingerprint density at radius 1 is 1.35 bits per heavy atom. The van der Waals surface area contributed by atoms with Crippen LogP contribution < -0.4 is 19.9 Å². The summed E-state index contributed by atoms with van der Waals surface area (Å²) in [6.07, 6.45) is 0. The Hall–Kier alpha value is -2.85. The molecule has 0 aliphatic carbocycles. The summed E-state index contributed by atoms with van der Waals surface area (Å²) in [4.78, 5) is 0. The van der Waals surface area contributed by atoms with E-state index in [0.29, 0.717) is 33.9 Å². The van der Waals surface area contributed by atoms with Crippen molar-refractivity contribution in [1.29, 1.82) is 5.26 Å². The summed E-state index contributed by atoms with van der Waals surface area (Å²) in [5.41, 5.74) is 7.76. The second kappa shape index (κ2) is 7.18. The predicted molar refractivity (Wildman–Crippen MR) is 99.3 cm³/mol. The SMILES string of the molecule is CCOc1c(Br)cc([C@@H]2C(C#N)=C(N)Oc3cc(O)ccc32)cc1OC. The Bertz CT molecular complexity index is 934. The minimum atomic E-state index is -0.453. The third-order valence-corrected chi connectivity index (χ3v) is 4.67. The summed E-state index contributed by atoms with van der Waals surface area (Å²) >= 11 is 3.51. The van der Waals surface area contributed by atoms with Gasteiger partial charge in [0.25, 0.3) is 0 Å². The van der Waals surface area contributed by atoms with E-state index in [9.17, 15) is 10.4 Å². The van der Waals surface area contributed by atoms with Crippen molar-refractivity contribution in [2.24, 2.45) is 5.73 Å². The molecule has 0 radical (unpaired) electrons. The van der Waals surface area contributed by atoms with Crippen LogP contribution in [0.2, 0.25) is 0 Å². The lowest BCUT2D eigenvalue weighted by Crippen LogP contribution is -2.21. The molecule has 134 valence electrons. The van der Waals surface area contributed by atoms with Gasteiger partial charge in [-0.2, -0.15) is 5.26 Å². The summed E-state index contributed by atoms with van der Waals surface area (Å²) in [6, 6.07) is 10.6. The minimum Gasteiger partial charge on any atom is -0.508 e. The van der Waals surface area contributed by atoms with Crippen molar-refractivity contribution in [3.63, 3.8) is 0 Å². The van der Waals surface area contributed by atoms with Crippen LogP contribution in [0.1, 0.15) is 24.0 Å². The Morgan fingerprint density at radius 2 is 2.12 bits per heavy atom. The molecule has 1 atom stereocenters. The van der Waals surface area contributed by atoms with Crippen molar-refractivity contribution in [2.45, 2.75) is 12.8 Å². The van der Waals surface area contributed by atoms with Crippen LogP contribution >= 0.6 is 15.9 Å². The van der Waals surface area contributed by atoms with Crippen LogP contribution in [0.3, 0.4) is 0 Å². The molecule has 0 saturated carbocycles. The smallest absolute Gasteiger partial charge is 0.205 e. The second-order valence-corrected chi connectivity index (χ2v) is 6.47. The van der Waals surface area contributed by atoms with Crippen LogP contribution in [0.5, 0.6) is 23.0 Å². The van der Waals surface area contributed by atoms with E-state index in [1.807, 2.05) is 19.1 Å². The van der Waals surface area contributed by atoms with Crippen molar-refractivity contribution < 1.29 is 19.3 Å². The number of allylic oxidation sites excluding steroid dienone is 1. The molecule has 0 amide bonds. The van der Waals surface area contributed by atoms with E-state index in [1.54, 1.807) is 19.2 Å². The molecule has 0 unspecified atom stereocenters. The Balaban J connectivity index is 2.22. The van der Waals surface area contributed by atoms with Gasteiger partial charge in [0, 0.05) is 11.6 Å². The first-order chi connectivity index (χ1) is 12.5. The maximum absolute atomic E-state index is 9.73. The molecule has 7 heteroatoms. The van der Waals surface area contributed by atoms with Gasteiger partial charge in [-0.1, -0.05) is 6.07 Å². The molecular formula is C19H17BrN2O4. The van der Waals surface area contributed by atoms with Gasteiger partial charge in [-0.3, -0.25) is 0 Å². The van der Waals surface area contributed by atoms with Gasteiger partial charge in [-0.15, -0.1) is 0 Å². The van der Waals surface area contributed by atoms with E-state index in [4.69, 9.17) is 19.9 Å². The molecule has 1 heterocycles. The van der Waals surface area contributed by atoms with Crippen molar-refractivity contribution in [3.05, 3.63) is 57.4 Å². The number of nitrogens with two attached hydrogens (primary N) is 1. The van der Waals surface area contributed by atoms with E-state index in [-0.39, 0.29) is 11.6 Å². The standard InChI is InChI=1S/C19H17BrN2O4/c1-3-25-18-14(20)6-10(7-16(18)24-2)17-12-5-4-11(23)8-15(12)26-19(22)13(17)9-21/h4-8,17,23H,3,22H2,1-2H3/t17-/m0/s1. The van der Waals surface area contributed by atoms with Gasteiger partial charge in [-0.05, 0) is 46.6 Å². The number of halogens is 1. The van der Waals surface area contributed by atoms with Crippen LogP contribution in [0, 0.1) is 11.3 Å². The number of methoxy groups -OCH3 is 1. The molecule has 3 rings (SSSR count). The van der Waals surface area contributed by atoms with E-state index >= 15 is 0 Å². The van der Waals surface area contributed by atoms with E-state index in [2.05, 4.69) is 22.0 Å². The second-order valence-electron chi connectivity index (χ2n) is 5.61. The molecule has 0 fully saturated rings. The van der Waals surface area contributed by atoms with Crippen LogP contribution in [-0.2, 0) is 0 Å². The van der Waals surface area contributed by atoms with Crippen molar-refractivity contribution in [2.75, 3.05) is 13.7 Å². The van der Waals surface area contributed by atoms with Gasteiger partial charge in [0.2, 0.25) is 5.88 Å². The van der Waals surface area contributed by atoms with Gasteiger partial charge in [-0.25, -0.2) is 0 Å². The van der Waals surface area contributed by atoms with Gasteiger partial charge >= 0.3 is 0 Å². The fourth-order valence-corrected chi connectivity index (χ4v) is 3.55. The number of hydrogen-bond acceptors (Lipinski definition) is 6. The van der Waals surface area contributed by atoms with E-state index in [0.717, 1.165) is 11.1 Å². The number of nitriles is 1. The monoisotopic (exact) mass is 416 g/mol. The lowest BCUT2D eigenvalue weighted by atomic mass is 9.83.